The van der Waals surface area contributed by atoms with Crippen LogP contribution in [0.25, 0.3) is 11.3 Å². The van der Waals surface area contributed by atoms with Crippen LogP contribution >= 0.6 is 58.0 Å². The normalized spacial score (nSPS) is 11.7. The third-order valence-corrected chi connectivity index (χ3v) is 5.09. The van der Waals surface area contributed by atoms with Crippen LogP contribution in [-0.2, 0) is 6.18 Å². The third-order valence-electron chi connectivity index (χ3n) is 2.81. The fraction of sp³-hybridized carbons (Fsp3) is 0.154. The summed E-state index contributed by atoms with van der Waals surface area (Å²) in [6.07, 6.45) is -4.74. The van der Waals surface area contributed by atoms with Crippen LogP contribution in [-0.4, -0.2) is 12.1 Å². The Bertz CT molecular complexity index is 750. The lowest BCUT2D eigenvalue weighted by molar-refractivity contribution is -0.142. The zero-order valence-electron chi connectivity index (χ0n) is 11.0. The minimum atomic E-state index is -4.74. The van der Waals surface area contributed by atoms with Crippen LogP contribution < -0.4 is 4.74 Å². The Morgan fingerprint density at radius 1 is 0.870 bits per heavy atom. The van der Waals surface area contributed by atoms with Gasteiger partial charge in [-0.15, -0.1) is 0 Å². The van der Waals surface area contributed by atoms with E-state index in [0.29, 0.717) is 0 Å². The highest BCUT2D eigenvalue weighted by molar-refractivity contribution is 6.56. The molecule has 2 nitrogen and oxygen atoms in total. The van der Waals surface area contributed by atoms with Crippen molar-refractivity contribution in [3.8, 4) is 17.0 Å². The first kappa shape index (κ1) is 18.7. The largest absolute Gasteiger partial charge is 0.494 e. The van der Waals surface area contributed by atoms with Gasteiger partial charge in [-0.1, -0.05) is 58.0 Å². The SMILES string of the molecule is COc1ccc(-c2c(Cl)c(Cl)c(Cl)c(Cl)c2Cl)nc1C(F)(F)F. The van der Waals surface area contributed by atoms with Crippen molar-refractivity contribution in [3.63, 3.8) is 0 Å². The van der Waals surface area contributed by atoms with Gasteiger partial charge in [0.25, 0.3) is 0 Å². The van der Waals surface area contributed by atoms with Crippen molar-refractivity contribution < 1.29 is 17.9 Å². The topological polar surface area (TPSA) is 22.1 Å². The summed E-state index contributed by atoms with van der Waals surface area (Å²) in [7, 11) is 1.10. The fourth-order valence-corrected chi connectivity index (χ4v) is 3.12. The lowest BCUT2D eigenvalue weighted by Crippen LogP contribution is -2.11. The van der Waals surface area contributed by atoms with E-state index in [1.165, 1.54) is 6.07 Å². The number of benzene rings is 1. The summed E-state index contributed by atoms with van der Waals surface area (Å²) >= 11 is 29.8. The predicted octanol–water partition coefficient (Wildman–Crippen LogP) is 7.04. The van der Waals surface area contributed by atoms with Crippen molar-refractivity contribution in [2.24, 2.45) is 0 Å². The quantitative estimate of drug-likeness (QED) is 0.380. The van der Waals surface area contributed by atoms with E-state index in [-0.39, 0.29) is 36.4 Å². The van der Waals surface area contributed by atoms with Gasteiger partial charge in [0, 0.05) is 5.56 Å². The van der Waals surface area contributed by atoms with Gasteiger partial charge in [-0.05, 0) is 12.1 Å². The molecule has 0 aliphatic heterocycles. The minimum Gasteiger partial charge on any atom is -0.494 e. The van der Waals surface area contributed by atoms with Crippen LogP contribution in [0.2, 0.25) is 25.1 Å². The van der Waals surface area contributed by atoms with Crippen molar-refractivity contribution in [3.05, 3.63) is 42.9 Å². The van der Waals surface area contributed by atoms with Gasteiger partial charge >= 0.3 is 6.18 Å². The lowest BCUT2D eigenvalue weighted by Gasteiger charge is -2.15. The van der Waals surface area contributed by atoms with Gasteiger partial charge in [0.2, 0.25) is 0 Å². The molecule has 0 unspecified atom stereocenters. The number of nitrogens with zero attached hydrogens (tertiary/aromatic N) is 1. The molecule has 0 saturated carbocycles. The summed E-state index contributed by atoms with van der Waals surface area (Å²) in [6, 6.07) is 2.34. The molecule has 0 aliphatic rings. The summed E-state index contributed by atoms with van der Waals surface area (Å²) in [5.74, 6) is -0.445. The number of hydrogen-bond acceptors (Lipinski definition) is 2. The molecule has 0 fully saturated rings. The Morgan fingerprint density at radius 2 is 1.35 bits per heavy atom. The summed E-state index contributed by atoms with van der Waals surface area (Å²) in [5, 5.41) is -0.682. The van der Waals surface area contributed by atoms with Crippen LogP contribution in [0.4, 0.5) is 13.2 Å². The maximum absolute atomic E-state index is 13.1. The van der Waals surface area contributed by atoms with Crippen LogP contribution in [0.3, 0.4) is 0 Å². The molecule has 124 valence electrons. The number of hydrogen-bond donors (Lipinski definition) is 0. The Balaban J connectivity index is 2.79. The first-order valence-corrected chi connectivity index (χ1v) is 7.62. The zero-order valence-corrected chi connectivity index (χ0v) is 14.8. The van der Waals surface area contributed by atoms with Crippen LogP contribution in [0, 0.1) is 0 Å². The van der Waals surface area contributed by atoms with E-state index >= 15 is 0 Å². The molecule has 0 atom stereocenters. The zero-order chi connectivity index (χ0) is 17.5. The van der Waals surface area contributed by atoms with Crippen molar-refractivity contribution in [2.75, 3.05) is 7.11 Å². The first-order chi connectivity index (χ1) is 10.6. The van der Waals surface area contributed by atoms with Gasteiger partial charge in [0.1, 0.15) is 5.75 Å². The molecule has 0 saturated heterocycles. The molecular formula is C13H5Cl5F3NO. The van der Waals surface area contributed by atoms with Crippen molar-refractivity contribution in [1.82, 2.24) is 4.98 Å². The van der Waals surface area contributed by atoms with Crippen molar-refractivity contribution in [1.29, 1.82) is 0 Å². The molecular weight excluding hydrogens is 420 g/mol. The maximum atomic E-state index is 13.1. The number of pyridine rings is 1. The molecule has 0 N–H and O–H groups in total. The van der Waals surface area contributed by atoms with Crippen molar-refractivity contribution in [2.45, 2.75) is 6.18 Å². The van der Waals surface area contributed by atoms with Gasteiger partial charge in [0.15, 0.2) is 5.69 Å². The Hall–Kier alpha value is -0.590. The summed E-state index contributed by atoms with van der Waals surface area (Å²) in [4.78, 5) is 3.54. The van der Waals surface area contributed by atoms with E-state index in [2.05, 4.69) is 9.72 Å². The lowest BCUT2D eigenvalue weighted by atomic mass is 10.1. The molecule has 1 aromatic carbocycles. The highest BCUT2D eigenvalue weighted by atomic mass is 35.5. The molecule has 0 bridgehead atoms. The second-order valence-electron chi connectivity index (χ2n) is 4.19. The number of ether oxygens (including phenoxy) is 1. The third kappa shape index (κ3) is 3.44. The van der Waals surface area contributed by atoms with E-state index in [0.717, 1.165) is 13.2 Å². The molecule has 0 aliphatic carbocycles. The second-order valence-corrected chi connectivity index (χ2v) is 6.08. The Labute approximate surface area is 154 Å². The second kappa shape index (κ2) is 6.73. The number of rotatable bonds is 2. The monoisotopic (exact) mass is 423 g/mol. The molecule has 0 radical (unpaired) electrons. The number of alkyl halides is 3. The number of methoxy groups -OCH3 is 1. The van der Waals surface area contributed by atoms with Crippen molar-refractivity contribution >= 4 is 58.0 Å². The van der Waals surface area contributed by atoms with E-state index in [1.54, 1.807) is 0 Å². The van der Waals surface area contributed by atoms with E-state index in [1.807, 2.05) is 0 Å². The fourth-order valence-electron chi connectivity index (χ4n) is 1.78. The summed E-state index contributed by atoms with van der Waals surface area (Å²) in [6.45, 7) is 0. The van der Waals surface area contributed by atoms with E-state index in [9.17, 15) is 13.2 Å². The molecule has 0 amide bonds. The summed E-state index contributed by atoms with van der Waals surface area (Å²) < 4.78 is 43.9. The molecule has 1 aromatic heterocycles. The Morgan fingerprint density at radius 3 is 1.78 bits per heavy atom. The van der Waals surface area contributed by atoms with Gasteiger partial charge in [-0.25, -0.2) is 4.98 Å². The van der Waals surface area contributed by atoms with Crippen LogP contribution in [0.1, 0.15) is 5.69 Å². The minimum absolute atomic E-state index is 0.0547. The predicted molar refractivity (Wildman–Crippen MR) is 86.3 cm³/mol. The number of halogens is 8. The van der Waals surface area contributed by atoms with E-state index in [4.69, 9.17) is 58.0 Å². The van der Waals surface area contributed by atoms with E-state index < -0.39 is 17.6 Å². The average molecular weight is 425 g/mol. The molecule has 1 heterocycles. The first-order valence-electron chi connectivity index (χ1n) is 5.73. The van der Waals surface area contributed by atoms with Crippen LogP contribution in [0.5, 0.6) is 5.75 Å². The van der Waals surface area contributed by atoms with Gasteiger partial charge < -0.3 is 4.74 Å². The molecule has 0 spiro atoms. The van der Waals surface area contributed by atoms with Gasteiger partial charge in [-0.3, -0.25) is 0 Å². The molecule has 2 aromatic rings. The number of aromatic nitrogens is 1. The van der Waals surface area contributed by atoms with Crippen LogP contribution in [0.15, 0.2) is 12.1 Å². The highest BCUT2D eigenvalue weighted by Crippen LogP contribution is 2.48. The molecule has 10 heteroatoms. The summed E-state index contributed by atoms with van der Waals surface area (Å²) in [5.41, 5.74) is -1.46. The highest BCUT2D eigenvalue weighted by Gasteiger charge is 2.37. The van der Waals surface area contributed by atoms with Gasteiger partial charge in [-0.2, -0.15) is 13.2 Å². The maximum Gasteiger partial charge on any atom is 0.437 e. The smallest absolute Gasteiger partial charge is 0.437 e. The molecule has 23 heavy (non-hydrogen) atoms. The van der Waals surface area contributed by atoms with Gasteiger partial charge in [0.05, 0.1) is 37.9 Å². The Kier molecular flexibility index (Phi) is 5.48. The average Bonchev–Trinajstić information content (AvgIpc) is 2.50. The standard InChI is InChI=1S/C13H5Cl5F3NO/c1-23-5-3-2-4(22-12(5)13(19,20)21)6-7(14)9(16)11(18)10(17)8(6)15/h2-3H,1H3. The molecule has 2 rings (SSSR count).